The van der Waals surface area contributed by atoms with E-state index in [0.29, 0.717) is 0 Å². The highest BCUT2D eigenvalue weighted by molar-refractivity contribution is 6.35. The molecule has 0 N–H and O–H groups in total. The molecule has 12 nitrogen and oxygen atoms in total. The van der Waals surface area contributed by atoms with E-state index in [-0.39, 0.29) is 38.3 Å². The first-order chi connectivity index (χ1) is 20.0. The maximum Gasteiger partial charge on any atom is 0.270 e. The zero-order valence-corrected chi connectivity index (χ0v) is 22.7. The van der Waals surface area contributed by atoms with Crippen molar-refractivity contribution in [2.75, 3.05) is 0 Å². The number of fused-ring (bicyclic) bond motifs is 6. The SMILES string of the molecule is O=C(/C=C/N1C=CC2C(=O)C1C1C(=O)C=CC2N1/C=C/C(=O)c1cc([N+](=O)[O-])ccc1Cl)c1cc([N+](=O)[O-])ccc1Cl. The van der Waals surface area contributed by atoms with E-state index in [1.807, 2.05) is 0 Å². The second-order valence-corrected chi connectivity index (χ2v) is 10.3. The quantitative estimate of drug-likeness (QED) is 0.181. The molecule has 1 saturated heterocycles. The third kappa shape index (κ3) is 5.13. The van der Waals surface area contributed by atoms with Crippen LogP contribution in [0, 0.1) is 26.1 Å². The Hall–Kier alpha value is -4.94. The van der Waals surface area contributed by atoms with Crippen molar-refractivity contribution in [2.24, 2.45) is 5.92 Å². The fraction of sp³-hybridized carbons (Fsp3) is 0.143. The number of nitro benzene ring substituents is 2. The van der Waals surface area contributed by atoms with Crippen molar-refractivity contribution in [3.8, 4) is 0 Å². The third-order valence-corrected chi connectivity index (χ3v) is 7.80. The first-order valence-corrected chi connectivity index (χ1v) is 13.1. The molecule has 0 aromatic heterocycles. The summed E-state index contributed by atoms with van der Waals surface area (Å²) in [5.74, 6) is -2.69. The summed E-state index contributed by atoms with van der Waals surface area (Å²) >= 11 is 12.2. The van der Waals surface area contributed by atoms with Crippen LogP contribution in [0.4, 0.5) is 11.4 Å². The molecule has 1 fully saturated rings. The van der Waals surface area contributed by atoms with E-state index in [0.717, 1.165) is 30.4 Å². The summed E-state index contributed by atoms with van der Waals surface area (Å²) in [5.41, 5.74) is -0.869. The third-order valence-electron chi connectivity index (χ3n) is 7.14. The summed E-state index contributed by atoms with van der Waals surface area (Å²) in [5, 5.41) is 22.3. The minimum Gasteiger partial charge on any atom is -0.357 e. The van der Waals surface area contributed by atoms with Crippen molar-refractivity contribution in [2.45, 2.75) is 18.1 Å². The molecule has 3 aliphatic rings. The molecule has 0 amide bonds. The van der Waals surface area contributed by atoms with E-state index in [1.54, 1.807) is 23.3 Å². The fourth-order valence-corrected chi connectivity index (χ4v) is 5.55. The van der Waals surface area contributed by atoms with Gasteiger partial charge in [-0.1, -0.05) is 35.4 Å². The highest BCUT2D eigenvalue weighted by Crippen LogP contribution is 2.37. The first-order valence-electron chi connectivity index (χ1n) is 12.3. The number of non-ortho nitro benzene ring substituents is 2. The predicted molar refractivity (Wildman–Crippen MR) is 150 cm³/mol. The molecule has 5 rings (SSSR count). The number of allylic oxidation sites excluding steroid dienone is 2. The van der Waals surface area contributed by atoms with E-state index in [1.165, 1.54) is 41.6 Å². The molecule has 0 radical (unpaired) electrons. The van der Waals surface area contributed by atoms with E-state index >= 15 is 0 Å². The standard InChI is InChI=1S/C28H18Cl2N4O8/c29-20-3-1-15(33(39)40)13-18(20)23(35)8-11-31-10-7-17-22-5-6-25(37)26(27(31)28(17)38)32(22)12-9-24(36)19-14-16(34(41)42)2-4-21(19)30/h1-14,17,22,26-27H/b11-8+,12-9+. The van der Waals surface area contributed by atoms with Crippen molar-refractivity contribution >= 4 is 57.7 Å². The van der Waals surface area contributed by atoms with Gasteiger partial charge in [0.1, 0.15) is 12.1 Å². The smallest absolute Gasteiger partial charge is 0.270 e. The number of piperidine rings is 1. The second kappa shape index (κ2) is 11.1. The van der Waals surface area contributed by atoms with E-state index < -0.39 is 51.2 Å². The van der Waals surface area contributed by atoms with Crippen LogP contribution in [0.1, 0.15) is 20.7 Å². The Labute approximate surface area is 247 Å². The second-order valence-electron chi connectivity index (χ2n) is 9.51. The fourth-order valence-electron chi connectivity index (χ4n) is 5.13. The highest BCUT2D eigenvalue weighted by atomic mass is 35.5. The van der Waals surface area contributed by atoms with Crippen LogP contribution in [-0.2, 0) is 9.59 Å². The number of halogens is 2. The number of benzene rings is 2. The lowest BCUT2D eigenvalue weighted by molar-refractivity contribution is -0.385. The normalized spacial score (nSPS) is 22.7. The molecular weight excluding hydrogens is 591 g/mol. The van der Waals surface area contributed by atoms with Crippen LogP contribution in [0.2, 0.25) is 10.0 Å². The number of hydrogen-bond donors (Lipinski definition) is 0. The van der Waals surface area contributed by atoms with Gasteiger partial charge in [0.15, 0.2) is 23.1 Å². The zero-order valence-electron chi connectivity index (χ0n) is 21.2. The highest BCUT2D eigenvalue weighted by Gasteiger charge is 2.53. The van der Waals surface area contributed by atoms with Gasteiger partial charge in [0, 0.05) is 66.1 Å². The van der Waals surface area contributed by atoms with Crippen LogP contribution in [0.3, 0.4) is 0 Å². The number of hydrogen-bond acceptors (Lipinski definition) is 10. The number of carbonyl (C=O) groups is 4. The van der Waals surface area contributed by atoms with Crippen molar-refractivity contribution in [1.82, 2.24) is 9.80 Å². The number of Topliss-reactive ketones (excluding diaryl/α,β-unsaturated/α-hetero) is 1. The Morgan fingerprint density at radius 3 is 1.90 bits per heavy atom. The number of carbonyl (C=O) groups excluding carboxylic acids is 4. The van der Waals surface area contributed by atoms with Crippen molar-refractivity contribution in [3.05, 3.63) is 127 Å². The molecule has 0 saturated carbocycles. The van der Waals surface area contributed by atoms with E-state index in [2.05, 4.69) is 0 Å². The number of nitrogens with zero attached hydrogens (tertiary/aromatic N) is 4. The average Bonchev–Trinajstić information content (AvgIpc) is 2.95. The molecule has 4 bridgehead atoms. The van der Waals surface area contributed by atoms with Gasteiger partial charge in [0.2, 0.25) is 0 Å². The molecule has 3 aliphatic heterocycles. The number of nitro groups is 2. The van der Waals surface area contributed by atoms with Crippen LogP contribution in [0.5, 0.6) is 0 Å². The molecule has 3 heterocycles. The van der Waals surface area contributed by atoms with Gasteiger partial charge in [-0.15, -0.1) is 0 Å². The van der Waals surface area contributed by atoms with Crippen molar-refractivity contribution < 1.29 is 29.0 Å². The summed E-state index contributed by atoms with van der Waals surface area (Å²) in [6.45, 7) is 0. The molecular formula is C28H18Cl2N4O8. The summed E-state index contributed by atoms with van der Waals surface area (Å²) in [6, 6.07) is 4.16. The molecule has 0 spiro atoms. The number of ketones is 4. The van der Waals surface area contributed by atoms with Gasteiger partial charge in [-0.05, 0) is 18.2 Å². The average molecular weight is 609 g/mol. The first kappa shape index (κ1) is 28.6. The summed E-state index contributed by atoms with van der Waals surface area (Å²) in [6.07, 6.45) is 11.0. The van der Waals surface area contributed by atoms with Crippen LogP contribution in [-0.4, -0.2) is 60.9 Å². The molecule has 0 aliphatic carbocycles. The van der Waals surface area contributed by atoms with Crippen LogP contribution >= 0.6 is 23.2 Å². The molecule has 2 aromatic rings. The molecule has 4 atom stereocenters. The topological polar surface area (TPSA) is 161 Å². The molecule has 14 heteroatoms. The minimum absolute atomic E-state index is 0.00138. The summed E-state index contributed by atoms with van der Waals surface area (Å²) in [4.78, 5) is 76.2. The van der Waals surface area contributed by atoms with Crippen LogP contribution in [0.25, 0.3) is 0 Å². The lowest BCUT2D eigenvalue weighted by Gasteiger charge is -2.52. The Morgan fingerprint density at radius 2 is 1.36 bits per heavy atom. The van der Waals surface area contributed by atoms with Crippen molar-refractivity contribution in [1.29, 1.82) is 0 Å². The minimum atomic E-state index is -1.07. The maximum atomic E-state index is 13.4. The van der Waals surface area contributed by atoms with Gasteiger partial charge < -0.3 is 9.80 Å². The monoisotopic (exact) mass is 608 g/mol. The molecule has 212 valence electrons. The Bertz CT molecular complexity index is 1700. The van der Waals surface area contributed by atoms with E-state index in [9.17, 15) is 39.4 Å². The lowest BCUT2D eigenvalue weighted by atomic mass is 9.74. The zero-order chi connectivity index (χ0) is 30.3. The van der Waals surface area contributed by atoms with Gasteiger partial charge in [0.25, 0.3) is 11.4 Å². The molecule has 2 aromatic carbocycles. The van der Waals surface area contributed by atoms with Gasteiger partial charge in [-0.25, -0.2) is 0 Å². The van der Waals surface area contributed by atoms with Gasteiger partial charge in [-0.3, -0.25) is 39.4 Å². The van der Waals surface area contributed by atoms with Crippen LogP contribution in [0.15, 0.2) is 85.4 Å². The Kier molecular flexibility index (Phi) is 7.59. The van der Waals surface area contributed by atoms with Gasteiger partial charge in [0.05, 0.1) is 31.9 Å². The molecule has 42 heavy (non-hydrogen) atoms. The van der Waals surface area contributed by atoms with E-state index in [4.69, 9.17) is 23.2 Å². The predicted octanol–water partition coefficient (Wildman–Crippen LogP) is 4.48. The van der Waals surface area contributed by atoms with Crippen molar-refractivity contribution in [3.63, 3.8) is 0 Å². The van der Waals surface area contributed by atoms with Gasteiger partial charge >= 0.3 is 0 Å². The Balaban J connectivity index is 1.44. The summed E-state index contributed by atoms with van der Waals surface area (Å²) in [7, 11) is 0. The summed E-state index contributed by atoms with van der Waals surface area (Å²) < 4.78 is 0. The maximum absolute atomic E-state index is 13.4. The molecule has 4 unspecified atom stereocenters. The van der Waals surface area contributed by atoms with Crippen LogP contribution < -0.4 is 0 Å². The lowest BCUT2D eigenvalue weighted by Crippen LogP contribution is -2.68. The van der Waals surface area contributed by atoms with Gasteiger partial charge in [-0.2, -0.15) is 0 Å². The number of rotatable bonds is 8. The Morgan fingerprint density at radius 1 is 0.810 bits per heavy atom. The largest absolute Gasteiger partial charge is 0.357 e.